The maximum atomic E-state index is 14.0. The van der Waals surface area contributed by atoms with E-state index in [-0.39, 0.29) is 56.9 Å². The van der Waals surface area contributed by atoms with E-state index in [0.29, 0.717) is 29.5 Å². The summed E-state index contributed by atoms with van der Waals surface area (Å²) in [4.78, 5) is 80.9. The normalized spacial score (nSPS) is 12.5. The zero-order valence-corrected chi connectivity index (χ0v) is 32.1. The Morgan fingerprint density at radius 2 is 1.72 bits per heavy atom. The van der Waals surface area contributed by atoms with Crippen LogP contribution in [0.2, 0.25) is 0 Å². The lowest BCUT2D eigenvalue weighted by Crippen LogP contribution is -2.37. The Kier molecular flexibility index (Phi) is 13.6. The molecule has 4 aromatic rings. The fraction of sp³-hybridized carbons (Fsp3) is 0.300. The Balaban J connectivity index is 1.39. The Morgan fingerprint density at radius 1 is 1.00 bits per heavy atom. The number of aryl methyl sites for hydroxylation is 1. The number of methoxy groups -OCH3 is 1. The van der Waals surface area contributed by atoms with Crippen LogP contribution in [0.4, 0.5) is 10.5 Å². The number of amides is 3. The Bertz CT molecular complexity index is 2290. The number of esters is 2. The predicted molar refractivity (Wildman–Crippen MR) is 207 cm³/mol. The largest absolute Gasteiger partial charge is 0.519 e. The molecule has 2 aromatic heterocycles. The lowest BCUT2D eigenvalue weighted by molar-refractivity contribution is -0.154. The van der Waals surface area contributed by atoms with Gasteiger partial charge in [-0.3, -0.25) is 25.1 Å². The lowest BCUT2D eigenvalue weighted by atomic mass is 9.94. The average Bonchev–Trinajstić information content (AvgIpc) is 3.99. The van der Waals surface area contributed by atoms with Gasteiger partial charge in [-0.15, -0.1) is 0 Å². The number of nitrogens with zero attached hydrogens (tertiary/aromatic N) is 1. The van der Waals surface area contributed by atoms with Gasteiger partial charge in [0.05, 0.1) is 7.11 Å². The van der Waals surface area contributed by atoms with Crippen LogP contribution >= 0.6 is 0 Å². The van der Waals surface area contributed by atoms with Crippen LogP contribution in [0.25, 0.3) is 17.2 Å². The molecule has 304 valence electrons. The number of pyridine rings is 1. The quantitative estimate of drug-likeness (QED) is 0.0451. The third-order valence-corrected chi connectivity index (χ3v) is 8.90. The zero-order chi connectivity index (χ0) is 42.1. The van der Waals surface area contributed by atoms with Crippen LogP contribution in [-0.2, 0) is 25.6 Å². The minimum absolute atomic E-state index is 0.0217. The van der Waals surface area contributed by atoms with Crippen LogP contribution in [0.3, 0.4) is 0 Å². The Labute approximate surface area is 331 Å². The zero-order valence-electron chi connectivity index (χ0n) is 32.1. The predicted octanol–water partition coefficient (Wildman–Crippen LogP) is 4.54. The van der Waals surface area contributed by atoms with Gasteiger partial charge in [0.25, 0.3) is 11.8 Å². The first-order valence-corrected chi connectivity index (χ1v) is 18.0. The first-order valence-electron chi connectivity index (χ1n) is 18.0. The first-order chi connectivity index (χ1) is 27.7. The van der Waals surface area contributed by atoms with E-state index >= 15 is 0 Å². The summed E-state index contributed by atoms with van der Waals surface area (Å²) < 4.78 is 30.4. The van der Waals surface area contributed by atoms with Crippen LogP contribution < -0.4 is 32.2 Å². The molecule has 1 saturated carbocycles. The minimum atomic E-state index is -1.06. The summed E-state index contributed by atoms with van der Waals surface area (Å²) in [7, 11) is 1.41. The van der Waals surface area contributed by atoms with Gasteiger partial charge in [-0.05, 0) is 80.1 Å². The molecule has 2 aromatic carbocycles. The highest BCUT2D eigenvalue weighted by Crippen LogP contribution is 2.35. The molecule has 58 heavy (non-hydrogen) atoms. The van der Waals surface area contributed by atoms with Gasteiger partial charge in [-0.1, -0.05) is 26.5 Å². The van der Waals surface area contributed by atoms with Crippen molar-refractivity contribution in [2.45, 2.75) is 46.3 Å². The molecule has 0 spiro atoms. The fourth-order valence-corrected chi connectivity index (χ4v) is 5.30. The van der Waals surface area contributed by atoms with E-state index in [4.69, 9.17) is 38.9 Å². The van der Waals surface area contributed by atoms with Crippen LogP contribution in [0.15, 0.2) is 68.7 Å². The molecule has 18 heteroatoms. The molecule has 1 atom stereocenters. The van der Waals surface area contributed by atoms with Crippen molar-refractivity contribution < 1.29 is 51.8 Å². The second-order valence-corrected chi connectivity index (χ2v) is 13.4. The standard InChI is InChI=1S/C40H42N6O12/c1-6-23-15-28(35(47)44-25-11-9-24(10-12-25)34(42)46-39(51)54-18-31-21(4)57-40(52)58-31)27(16-30(23)53-5)26-13-14-29(36(48)43-17-22-7-8-22)45-33(26)38(50)56-19-55-37(49)32(41)20(2)3/h6,9-16,20,22,32H,1,7-8,17-19,41H2,2-5H3,(H,43,48)(H,44,47)(H2,42,46,51)/t32-/m0/s1. The molecular weight excluding hydrogens is 756 g/mol. The van der Waals surface area contributed by atoms with Crippen molar-refractivity contribution in [2.75, 3.05) is 25.8 Å². The Morgan fingerprint density at radius 3 is 2.34 bits per heavy atom. The number of benzene rings is 2. The van der Waals surface area contributed by atoms with Gasteiger partial charge in [0, 0.05) is 40.0 Å². The summed E-state index contributed by atoms with van der Waals surface area (Å²) in [6.07, 6.45) is 2.48. The number of hydrogen-bond donors (Lipinski definition) is 5. The topological polar surface area (TPSA) is 264 Å². The highest BCUT2D eigenvalue weighted by Gasteiger charge is 2.27. The smallest absolute Gasteiger partial charge is 0.496 e. The van der Waals surface area contributed by atoms with Gasteiger partial charge in [-0.2, -0.15) is 0 Å². The number of carbonyl (C=O) groups is 5. The molecule has 3 amide bonds. The van der Waals surface area contributed by atoms with Crippen molar-refractivity contribution >= 4 is 47.4 Å². The molecule has 0 unspecified atom stereocenters. The number of nitrogens with two attached hydrogens (primary N) is 1. The molecule has 1 aliphatic rings. The second-order valence-electron chi connectivity index (χ2n) is 13.4. The van der Waals surface area contributed by atoms with E-state index in [1.165, 1.54) is 68.6 Å². The first kappa shape index (κ1) is 42.1. The summed E-state index contributed by atoms with van der Waals surface area (Å²) in [6, 6.07) is 10.8. The number of alkyl carbamates (subject to hydrolysis) is 1. The molecule has 0 radical (unpaired) electrons. The van der Waals surface area contributed by atoms with Crippen molar-refractivity contribution in [3.63, 3.8) is 0 Å². The number of nitrogens with one attached hydrogen (secondary N) is 4. The molecule has 0 bridgehead atoms. The van der Waals surface area contributed by atoms with Gasteiger partial charge in [0.2, 0.25) is 6.79 Å². The summed E-state index contributed by atoms with van der Waals surface area (Å²) in [6.45, 7) is 7.98. The number of amidine groups is 1. The number of aromatic nitrogens is 1. The van der Waals surface area contributed by atoms with Crippen LogP contribution in [0, 0.1) is 24.2 Å². The van der Waals surface area contributed by atoms with Crippen LogP contribution in [0.1, 0.15) is 80.7 Å². The molecule has 1 aliphatic carbocycles. The van der Waals surface area contributed by atoms with E-state index in [0.717, 1.165) is 12.8 Å². The van der Waals surface area contributed by atoms with E-state index in [9.17, 15) is 28.8 Å². The molecule has 6 N–H and O–H groups in total. The van der Waals surface area contributed by atoms with E-state index in [1.807, 2.05) is 0 Å². The summed E-state index contributed by atoms with van der Waals surface area (Å²) in [5.74, 6) is -3.68. The molecule has 0 aliphatic heterocycles. The van der Waals surface area contributed by atoms with Crippen molar-refractivity contribution in [1.82, 2.24) is 15.6 Å². The van der Waals surface area contributed by atoms with Crippen molar-refractivity contribution in [3.8, 4) is 16.9 Å². The number of carbonyl (C=O) groups excluding carboxylic acids is 5. The van der Waals surface area contributed by atoms with E-state index in [1.54, 1.807) is 13.8 Å². The van der Waals surface area contributed by atoms with Gasteiger partial charge in [0.1, 0.15) is 23.3 Å². The molecule has 5 rings (SSSR count). The Hall–Kier alpha value is -7.08. The SMILES string of the molecule is C=Cc1cc(C(=O)Nc2ccc(C(=N)NC(=O)OCc3oc(=O)oc3C)cc2)c(-c2ccc(C(=O)NCC3CC3)nc2C(=O)OCOC(=O)[C@@H](N)C(C)C)cc1OC. The van der Waals surface area contributed by atoms with Crippen LogP contribution in [0.5, 0.6) is 5.75 Å². The van der Waals surface area contributed by atoms with Gasteiger partial charge < -0.3 is 44.1 Å². The monoisotopic (exact) mass is 798 g/mol. The maximum absolute atomic E-state index is 14.0. The third kappa shape index (κ3) is 10.6. The van der Waals surface area contributed by atoms with Crippen molar-refractivity contribution in [1.29, 1.82) is 5.41 Å². The summed E-state index contributed by atoms with van der Waals surface area (Å²) >= 11 is 0. The number of rotatable bonds is 16. The minimum Gasteiger partial charge on any atom is -0.496 e. The highest BCUT2D eigenvalue weighted by molar-refractivity contribution is 6.11. The molecule has 1 fully saturated rings. The highest BCUT2D eigenvalue weighted by atomic mass is 16.7. The van der Waals surface area contributed by atoms with E-state index < -0.39 is 55.1 Å². The molecule has 2 heterocycles. The van der Waals surface area contributed by atoms with Crippen molar-refractivity contribution in [2.24, 2.45) is 17.6 Å². The lowest BCUT2D eigenvalue weighted by Gasteiger charge is -2.18. The van der Waals surface area contributed by atoms with Crippen LogP contribution in [-0.4, -0.2) is 67.2 Å². The summed E-state index contributed by atoms with van der Waals surface area (Å²) in [5, 5.41) is 16.1. The maximum Gasteiger partial charge on any atom is 0.519 e. The number of anilines is 1. The number of ether oxygens (including phenoxy) is 4. The van der Waals surface area contributed by atoms with Gasteiger partial charge in [0.15, 0.2) is 23.8 Å². The molecular formula is C40H42N6O12. The number of hydrogen-bond acceptors (Lipinski definition) is 15. The van der Waals surface area contributed by atoms with Gasteiger partial charge >= 0.3 is 23.9 Å². The fourth-order valence-electron chi connectivity index (χ4n) is 5.30. The second kappa shape index (κ2) is 18.7. The van der Waals surface area contributed by atoms with Crippen molar-refractivity contribution in [3.05, 3.63) is 105 Å². The molecule has 0 saturated heterocycles. The van der Waals surface area contributed by atoms with E-state index in [2.05, 4.69) is 27.5 Å². The average molecular weight is 799 g/mol. The third-order valence-electron chi connectivity index (χ3n) is 8.90. The molecule has 18 nitrogen and oxygen atoms in total. The summed E-state index contributed by atoms with van der Waals surface area (Å²) in [5.41, 5.74) is 6.66. The van der Waals surface area contributed by atoms with Gasteiger partial charge in [-0.25, -0.2) is 19.4 Å².